The van der Waals surface area contributed by atoms with Crippen molar-refractivity contribution in [3.63, 3.8) is 0 Å². The summed E-state index contributed by atoms with van der Waals surface area (Å²) in [6.07, 6.45) is 13.0. The second-order valence-corrected chi connectivity index (χ2v) is 6.95. The predicted octanol–water partition coefficient (Wildman–Crippen LogP) is 3.94. The molecule has 0 unspecified atom stereocenters. The average molecular weight is 262 g/mol. The van der Waals surface area contributed by atoms with Gasteiger partial charge in [-0.3, -0.25) is 4.55 Å². The first-order chi connectivity index (χ1) is 8.11. The van der Waals surface area contributed by atoms with Crippen LogP contribution in [-0.4, -0.2) is 18.2 Å². The quantitative estimate of drug-likeness (QED) is 0.728. The maximum absolute atomic E-state index is 11.2. The molecule has 4 heteroatoms. The summed E-state index contributed by atoms with van der Waals surface area (Å²) in [4.78, 5) is 0. The predicted molar refractivity (Wildman–Crippen MR) is 70.7 cm³/mol. The van der Waals surface area contributed by atoms with E-state index in [1.165, 1.54) is 38.5 Å². The maximum atomic E-state index is 11.2. The van der Waals surface area contributed by atoms with E-state index in [0.29, 0.717) is 12.8 Å². The molecule has 1 rings (SSSR count). The zero-order valence-corrected chi connectivity index (χ0v) is 11.6. The van der Waals surface area contributed by atoms with Crippen LogP contribution in [0.1, 0.15) is 77.0 Å². The smallest absolute Gasteiger partial charge is 0.267 e. The van der Waals surface area contributed by atoms with Crippen molar-refractivity contribution in [2.45, 2.75) is 82.3 Å². The lowest BCUT2D eigenvalue weighted by atomic mass is 10.1. The third kappa shape index (κ3) is 7.04. The van der Waals surface area contributed by atoms with Crippen LogP contribution in [0.15, 0.2) is 0 Å². The molecule has 1 N–H and O–H groups in total. The molecule has 0 aromatic carbocycles. The molecule has 0 aromatic heterocycles. The van der Waals surface area contributed by atoms with Gasteiger partial charge in [0.1, 0.15) is 0 Å². The molecule has 0 atom stereocenters. The van der Waals surface area contributed by atoms with Crippen molar-refractivity contribution in [3.8, 4) is 0 Å². The Bertz CT molecular complexity index is 271. The largest absolute Gasteiger partial charge is 0.285 e. The van der Waals surface area contributed by atoms with Gasteiger partial charge in [-0.2, -0.15) is 8.42 Å². The second-order valence-electron chi connectivity index (χ2n) is 5.25. The Morgan fingerprint density at radius 3 is 1.24 bits per heavy atom. The fourth-order valence-corrected chi connectivity index (χ4v) is 3.53. The Balaban J connectivity index is 2.42. The third-order valence-corrected chi connectivity index (χ3v) is 5.04. The minimum absolute atomic E-state index is 0.511. The molecule has 0 saturated heterocycles. The Kier molecular flexibility index (Phi) is 7.12. The van der Waals surface area contributed by atoms with Crippen molar-refractivity contribution in [2.24, 2.45) is 0 Å². The molecular weight excluding hydrogens is 236 g/mol. The van der Waals surface area contributed by atoms with E-state index in [-0.39, 0.29) is 0 Å². The van der Waals surface area contributed by atoms with Gasteiger partial charge in [-0.05, 0) is 12.8 Å². The fourth-order valence-electron chi connectivity index (χ4n) is 2.60. The van der Waals surface area contributed by atoms with E-state index in [4.69, 9.17) is 0 Å². The Morgan fingerprint density at radius 2 is 0.941 bits per heavy atom. The zero-order chi connectivity index (χ0) is 12.6. The van der Waals surface area contributed by atoms with Gasteiger partial charge in [0.25, 0.3) is 10.1 Å². The standard InChI is InChI=1S/C13H26O3S/c14-17(15,16)13-11-9-7-5-3-1-2-4-6-8-10-12-13/h13H,1-12H2,(H,14,15,16). The number of rotatable bonds is 1. The molecule has 102 valence electrons. The van der Waals surface area contributed by atoms with Crippen LogP contribution in [0.5, 0.6) is 0 Å². The van der Waals surface area contributed by atoms with Crippen molar-refractivity contribution < 1.29 is 13.0 Å². The Hall–Kier alpha value is -0.0900. The normalized spacial score (nSPS) is 23.4. The summed E-state index contributed by atoms with van der Waals surface area (Å²) in [7, 11) is -3.82. The second kappa shape index (κ2) is 8.09. The van der Waals surface area contributed by atoms with E-state index >= 15 is 0 Å². The molecule has 3 nitrogen and oxygen atoms in total. The lowest BCUT2D eigenvalue weighted by molar-refractivity contribution is 0.445. The van der Waals surface area contributed by atoms with Gasteiger partial charge < -0.3 is 0 Å². The highest BCUT2D eigenvalue weighted by atomic mass is 32.2. The molecule has 0 heterocycles. The van der Waals surface area contributed by atoms with Crippen molar-refractivity contribution in [3.05, 3.63) is 0 Å². The molecule has 0 aromatic rings. The third-order valence-electron chi connectivity index (χ3n) is 3.72. The van der Waals surface area contributed by atoms with Gasteiger partial charge in [-0.1, -0.05) is 64.2 Å². The molecule has 0 radical (unpaired) electrons. The first-order valence-corrected chi connectivity index (χ1v) is 8.57. The first kappa shape index (κ1) is 15.0. The molecule has 1 aliphatic rings. The number of hydrogen-bond acceptors (Lipinski definition) is 2. The van der Waals surface area contributed by atoms with Crippen LogP contribution < -0.4 is 0 Å². The molecule has 17 heavy (non-hydrogen) atoms. The van der Waals surface area contributed by atoms with Gasteiger partial charge in [-0.25, -0.2) is 0 Å². The SMILES string of the molecule is O=S(=O)(O)C1CCCCCCCCCCCC1. The molecule has 0 spiro atoms. The van der Waals surface area contributed by atoms with E-state index in [9.17, 15) is 13.0 Å². The van der Waals surface area contributed by atoms with Crippen LogP contribution in [0.3, 0.4) is 0 Å². The summed E-state index contributed by atoms with van der Waals surface area (Å²) in [5.41, 5.74) is 0. The lowest BCUT2D eigenvalue weighted by Gasteiger charge is -2.13. The van der Waals surface area contributed by atoms with E-state index < -0.39 is 15.4 Å². The van der Waals surface area contributed by atoms with Gasteiger partial charge in [-0.15, -0.1) is 0 Å². The topological polar surface area (TPSA) is 54.4 Å². The van der Waals surface area contributed by atoms with Crippen LogP contribution in [0.2, 0.25) is 0 Å². The molecule has 1 fully saturated rings. The van der Waals surface area contributed by atoms with Crippen molar-refractivity contribution in [1.82, 2.24) is 0 Å². The van der Waals surface area contributed by atoms with E-state index in [0.717, 1.165) is 25.7 Å². The minimum atomic E-state index is -3.82. The summed E-state index contributed by atoms with van der Waals surface area (Å²) in [5.74, 6) is 0. The average Bonchev–Trinajstić information content (AvgIpc) is 2.27. The van der Waals surface area contributed by atoms with Crippen LogP contribution in [0.25, 0.3) is 0 Å². The molecular formula is C13H26O3S. The summed E-state index contributed by atoms with van der Waals surface area (Å²) >= 11 is 0. The Labute approximate surface area is 106 Å². The highest BCUT2D eigenvalue weighted by molar-refractivity contribution is 7.86. The Morgan fingerprint density at radius 1 is 0.647 bits per heavy atom. The van der Waals surface area contributed by atoms with Crippen molar-refractivity contribution in [2.75, 3.05) is 0 Å². The van der Waals surface area contributed by atoms with E-state index in [2.05, 4.69) is 0 Å². The molecule has 1 aliphatic carbocycles. The molecule has 0 bridgehead atoms. The monoisotopic (exact) mass is 262 g/mol. The molecule has 1 saturated carbocycles. The van der Waals surface area contributed by atoms with Gasteiger partial charge in [0.05, 0.1) is 5.25 Å². The van der Waals surface area contributed by atoms with Gasteiger partial charge in [0.15, 0.2) is 0 Å². The zero-order valence-electron chi connectivity index (χ0n) is 10.7. The summed E-state index contributed by atoms with van der Waals surface area (Å²) < 4.78 is 31.6. The fraction of sp³-hybridized carbons (Fsp3) is 1.00. The maximum Gasteiger partial charge on any atom is 0.267 e. The van der Waals surface area contributed by atoms with E-state index in [1.54, 1.807) is 0 Å². The summed E-state index contributed by atoms with van der Waals surface area (Å²) in [6.45, 7) is 0. The van der Waals surface area contributed by atoms with Gasteiger partial charge >= 0.3 is 0 Å². The summed E-state index contributed by atoms with van der Waals surface area (Å²) in [6, 6.07) is 0. The van der Waals surface area contributed by atoms with Crippen LogP contribution in [-0.2, 0) is 10.1 Å². The van der Waals surface area contributed by atoms with Crippen LogP contribution in [0, 0.1) is 0 Å². The minimum Gasteiger partial charge on any atom is -0.285 e. The van der Waals surface area contributed by atoms with Crippen LogP contribution in [0.4, 0.5) is 0 Å². The van der Waals surface area contributed by atoms with Crippen molar-refractivity contribution >= 4 is 10.1 Å². The molecule has 0 aliphatic heterocycles. The summed E-state index contributed by atoms with van der Waals surface area (Å²) in [5, 5.41) is -0.511. The molecule has 0 amide bonds. The van der Waals surface area contributed by atoms with Crippen LogP contribution >= 0.6 is 0 Å². The highest BCUT2D eigenvalue weighted by Gasteiger charge is 2.21. The lowest BCUT2D eigenvalue weighted by Crippen LogP contribution is -2.20. The number of hydrogen-bond donors (Lipinski definition) is 1. The highest BCUT2D eigenvalue weighted by Crippen LogP contribution is 2.20. The van der Waals surface area contributed by atoms with Crippen molar-refractivity contribution in [1.29, 1.82) is 0 Å². The van der Waals surface area contributed by atoms with Gasteiger partial charge in [0.2, 0.25) is 0 Å². The van der Waals surface area contributed by atoms with E-state index in [1.807, 2.05) is 0 Å². The first-order valence-electron chi connectivity index (χ1n) is 7.07. The van der Waals surface area contributed by atoms with Gasteiger partial charge in [0, 0.05) is 0 Å².